The summed E-state index contributed by atoms with van der Waals surface area (Å²) in [5, 5.41) is 11.9. The zero-order chi connectivity index (χ0) is 12.9. The summed E-state index contributed by atoms with van der Waals surface area (Å²) in [6, 6.07) is 0. The molecule has 2 fully saturated rings. The number of hydrogen-bond donors (Lipinski definition) is 2. The van der Waals surface area contributed by atoms with Gasteiger partial charge in [-0.15, -0.1) is 0 Å². The smallest absolute Gasteiger partial charge is 0.313 e. The number of hydrogen-bond acceptors (Lipinski definition) is 3. The van der Waals surface area contributed by atoms with Crippen LogP contribution in [0.1, 0.15) is 25.7 Å². The van der Waals surface area contributed by atoms with E-state index in [1.807, 2.05) is 0 Å². The maximum atomic E-state index is 11.7. The van der Waals surface area contributed by atoms with Crippen molar-refractivity contribution in [2.75, 3.05) is 0 Å². The molecule has 5 nitrogen and oxygen atoms in total. The molecule has 1 atom stereocenters. The number of carbonyl (C=O) groups excluding carboxylic acids is 2. The standard InChI is InChI=1S/C13H13NO4/c15-10-8-6-7(2-3-9(8)14-11(10)16)13(12(17)18)4-1-5-13/h2-3,8H,1,4-6H2,(H,14,16)(H,17,18). The van der Waals surface area contributed by atoms with Gasteiger partial charge in [-0.2, -0.15) is 0 Å². The highest BCUT2D eigenvalue weighted by atomic mass is 16.4. The number of aliphatic carboxylic acids is 1. The van der Waals surface area contributed by atoms with Crippen LogP contribution < -0.4 is 5.32 Å². The molecular weight excluding hydrogens is 234 g/mol. The maximum Gasteiger partial charge on any atom is 0.313 e. The number of fused-ring (bicyclic) bond motifs is 1. The summed E-state index contributed by atoms with van der Waals surface area (Å²) in [6.07, 6.45) is 5.94. The molecule has 1 saturated carbocycles. The van der Waals surface area contributed by atoms with Gasteiger partial charge < -0.3 is 10.4 Å². The van der Waals surface area contributed by atoms with E-state index in [0.717, 1.165) is 12.0 Å². The average Bonchev–Trinajstić information content (AvgIpc) is 2.53. The summed E-state index contributed by atoms with van der Waals surface area (Å²) in [4.78, 5) is 34.3. The van der Waals surface area contributed by atoms with Crippen LogP contribution in [0.15, 0.2) is 23.4 Å². The van der Waals surface area contributed by atoms with Crippen LogP contribution in [0.4, 0.5) is 0 Å². The van der Waals surface area contributed by atoms with Crippen molar-refractivity contribution in [1.29, 1.82) is 0 Å². The molecule has 1 heterocycles. The van der Waals surface area contributed by atoms with Gasteiger partial charge in [-0.05, 0) is 25.3 Å². The van der Waals surface area contributed by atoms with Crippen LogP contribution in [0, 0.1) is 11.3 Å². The number of amides is 1. The van der Waals surface area contributed by atoms with Gasteiger partial charge in [-0.1, -0.05) is 18.1 Å². The van der Waals surface area contributed by atoms with Gasteiger partial charge in [-0.3, -0.25) is 14.4 Å². The largest absolute Gasteiger partial charge is 0.481 e. The highest BCUT2D eigenvalue weighted by Crippen LogP contribution is 2.51. The number of nitrogens with one attached hydrogen (secondary N) is 1. The first-order chi connectivity index (χ1) is 8.54. The molecule has 0 bridgehead atoms. The Morgan fingerprint density at radius 3 is 2.61 bits per heavy atom. The van der Waals surface area contributed by atoms with E-state index >= 15 is 0 Å². The Morgan fingerprint density at radius 2 is 2.06 bits per heavy atom. The summed E-state index contributed by atoms with van der Waals surface area (Å²) in [7, 11) is 0. The topological polar surface area (TPSA) is 83.5 Å². The molecule has 0 radical (unpaired) electrons. The van der Waals surface area contributed by atoms with Crippen molar-refractivity contribution in [2.24, 2.45) is 11.3 Å². The first-order valence-corrected chi connectivity index (χ1v) is 6.04. The number of rotatable bonds is 2. The Bertz CT molecular complexity index is 525. The van der Waals surface area contributed by atoms with Gasteiger partial charge in [0.05, 0.1) is 11.3 Å². The molecule has 18 heavy (non-hydrogen) atoms. The molecule has 3 rings (SSSR count). The second kappa shape index (κ2) is 3.54. The Balaban J connectivity index is 1.92. The predicted octanol–water partition coefficient (Wildman–Crippen LogP) is 0.770. The molecule has 3 aliphatic rings. The van der Waals surface area contributed by atoms with Crippen molar-refractivity contribution in [1.82, 2.24) is 5.32 Å². The summed E-state index contributed by atoms with van der Waals surface area (Å²) >= 11 is 0. The lowest BCUT2D eigenvalue weighted by Gasteiger charge is -2.41. The van der Waals surface area contributed by atoms with Gasteiger partial charge in [0.25, 0.3) is 5.91 Å². The number of Topliss-reactive ketones (excluding diaryl/α,β-unsaturated/α-hetero) is 1. The van der Waals surface area contributed by atoms with Crippen molar-refractivity contribution in [3.8, 4) is 0 Å². The van der Waals surface area contributed by atoms with Crippen LogP contribution in [0.25, 0.3) is 0 Å². The van der Waals surface area contributed by atoms with Crippen molar-refractivity contribution in [2.45, 2.75) is 25.7 Å². The monoisotopic (exact) mass is 247 g/mol. The number of ketones is 1. The van der Waals surface area contributed by atoms with E-state index in [-0.39, 0.29) is 0 Å². The van der Waals surface area contributed by atoms with Gasteiger partial charge >= 0.3 is 5.97 Å². The van der Waals surface area contributed by atoms with Gasteiger partial charge in [0.15, 0.2) is 0 Å². The van der Waals surface area contributed by atoms with Gasteiger partial charge in [0.2, 0.25) is 5.78 Å². The number of allylic oxidation sites excluding steroid dienone is 3. The highest BCUT2D eigenvalue weighted by Gasteiger charge is 2.50. The van der Waals surface area contributed by atoms with Crippen LogP contribution in [-0.2, 0) is 14.4 Å². The predicted molar refractivity (Wildman–Crippen MR) is 61.3 cm³/mol. The lowest BCUT2D eigenvalue weighted by atomic mass is 9.61. The van der Waals surface area contributed by atoms with E-state index in [1.165, 1.54) is 0 Å². The van der Waals surface area contributed by atoms with Crippen LogP contribution in [-0.4, -0.2) is 22.8 Å². The van der Waals surface area contributed by atoms with E-state index in [1.54, 1.807) is 12.2 Å². The summed E-state index contributed by atoms with van der Waals surface area (Å²) < 4.78 is 0. The van der Waals surface area contributed by atoms with E-state index in [2.05, 4.69) is 5.32 Å². The molecule has 94 valence electrons. The molecule has 0 aromatic carbocycles. The highest BCUT2D eigenvalue weighted by molar-refractivity contribution is 6.40. The fraction of sp³-hybridized carbons (Fsp3) is 0.462. The fourth-order valence-electron chi connectivity index (χ4n) is 2.98. The fourth-order valence-corrected chi connectivity index (χ4v) is 2.98. The van der Waals surface area contributed by atoms with Gasteiger partial charge in [0.1, 0.15) is 0 Å². The summed E-state index contributed by atoms with van der Waals surface area (Å²) in [5.41, 5.74) is 0.585. The van der Waals surface area contributed by atoms with Crippen LogP contribution in [0.3, 0.4) is 0 Å². The van der Waals surface area contributed by atoms with Crippen molar-refractivity contribution < 1.29 is 19.5 Å². The van der Waals surface area contributed by atoms with E-state index in [9.17, 15) is 19.5 Å². The van der Waals surface area contributed by atoms with E-state index in [0.29, 0.717) is 25.0 Å². The van der Waals surface area contributed by atoms with Crippen molar-refractivity contribution >= 4 is 17.7 Å². The first-order valence-electron chi connectivity index (χ1n) is 6.04. The van der Waals surface area contributed by atoms with Crippen LogP contribution >= 0.6 is 0 Å². The summed E-state index contributed by atoms with van der Waals surface area (Å²) in [5.74, 6) is -2.35. The molecule has 0 aromatic heterocycles. The van der Waals surface area contributed by atoms with Gasteiger partial charge in [0, 0.05) is 5.70 Å². The lowest BCUT2D eigenvalue weighted by Crippen LogP contribution is -2.41. The molecule has 2 aliphatic carbocycles. The Labute approximate surface area is 104 Å². The van der Waals surface area contributed by atoms with E-state index < -0.39 is 29.0 Å². The van der Waals surface area contributed by atoms with Crippen LogP contribution in [0.2, 0.25) is 0 Å². The van der Waals surface area contributed by atoms with Gasteiger partial charge in [-0.25, -0.2) is 0 Å². The molecule has 2 N–H and O–H groups in total. The molecule has 1 amide bonds. The SMILES string of the molecule is O=C1NC2=CC=C(C3(C(=O)O)CCC3)CC2C1=O. The minimum atomic E-state index is -0.818. The molecule has 0 spiro atoms. The molecule has 1 saturated heterocycles. The van der Waals surface area contributed by atoms with E-state index in [4.69, 9.17) is 0 Å². The normalized spacial score (nSPS) is 28.8. The quantitative estimate of drug-likeness (QED) is 0.706. The minimum Gasteiger partial charge on any atom is -0.481 e. The minimum absolute atomic E-state index is 0.357. The zero-order valence-corrected chi connectivity index (χ0v) is 9.73. The first kappa shape index (κ1) is 11.2. The third-order valence-electron chi connectivity index (χ3n) is 4.29. The third kappa shape index (κ3) is 1.30. The van der Waals surface area contributed by atoms with Crippen molar-refractivity contribution in [3.05, 3.63) is 23.4 Å². The molecule has 5 heteroatoms. The Hall–Kier alpha value is -1.91. The number of carboxylic acids is 1. The lowest BCUT2D eigenvalue weighted by molar-refractivity contribution is -0.151. The number of carbonyl (C=O) groups is 3. The summed E-state index contributed by atoms with van der Waals surface area (Å²) in [6.45, 7) is 0. The third-order valence-corrected chi connectivity index (χ3v) is 4.29. The molecular formula is C13H13NO4. The zero-order valence-electron chi connectivity index (χ0n) is 9.73. The average molecular weight is 247 g/mol. The Kier molecular flexibility index (Phi) is 2.20. The maximum absolute atomic E-state index is 11.7. The molecule has 0 aromatic rings. The second-order valence-electron chi connectivity index (χ2n) is 5.13. The van der Waals surface area contributed by atoms with Crippen LogP contribution in [0.5, 0.6) is 0 Å². The van der Waals surface area contributed by atoms with Crippen molar-refractivity contribution in [3.63, 3.8) is 0 Å². The number of carboxylic acid groups (broad SMARTS) is 1. The Morgan fingerprint density at radius 1 is 1.33 bits per heavy atom. The molecule has 1 aliphatic heterocycles. The molecule has 1 unspecified atom stereocenters. The second-order valence-corrected chi connectivity index (χ2v) is 5.13.